The standard InChI is InChI=1S/C29H30Cl2N4O3/c1-17(25-27(32-38-28(25)18-6-7-18)26-22(30)4-3-5-23(26)31)15-34-10-12-35(13-11-34)19-8-9-20-21(29(36)37)16-33(2)24(20)14-19/h3-5,8-9,14,16-18H,6-7,10-13,15H2,1-2H3,(H,36,37). The lowest BCUT2D eigenvalue weighted by Gasteiger charge is -2.37. The molecule has 3 heterocycles. The first-order valence-electron chi connectivity index (χ1n) is 13.0. The van der Waals surface area contributed by atoms with Gasteiger partial charge >= 0.3 is 5.97 Å². The minimum Gasteiger partial charge on any atom is -0.478 e. The van der Waals surface area contributed by atoms with E-state index in [1.165, 1.54) is 0 Å². The van der Waals surface area contributed by atoms with Crippen molar-refractivity contribution in [2.45, 2.75) is 31.6 Å². The van der Waals surface area contributed by atoms with Gasteiger partial charge in [0.05, 0.1) is 21.1 Å². The molecule has 2 aromatic carbocycles. The summed E-state index contributed by atoms with van der Waals surface area (Å²) < 4.78 is 7.79. The molecule has 1 saturated heterocycles. The van der Waals surface area contributed by atoms with Crippen LogP contribution in [0.15, 0.2) is 47.1 Å². The molecule has 2 aliphatic rings. The van der Waals surface area contributed by atoms with Crippen molar-refractivity contribution >= 4 is 45.8 Å². The van der Waals surface area contributed by atoms with E-state index in [0.717, 1.165) is 84.7 Å². The van der Waals surface area contributed by atoms with Gasteiger partial charge in [0.15, 0.2) is 0 Å². The number of carboxylic acid groups (broad SMARTS) is 1. The number of benzene rings is 2. The van der Waals surface area contributed by atoms with Gasteiger partial charge in [-0.15, -0.1) is 0 Å². The molecule has 38 heavy (non-hydrogen) atoms. The van der Waals surface area contributed by atoms with Crippen LogP contribution in [0.25, 0.3) is 22.2 Å². The van der Waals surface area contributed by atoms with E-state index >= 15 is 0 Å². The molecule has 1 aliphatic carbocycles. The van der Waals surface area contributed by atoms with E-state index in [2.05, 4.69) is 27.9 Å². The smallest absolute Gasteiger partial charge is 0.337 e. The number of anilines is 1. The fraction of sp³-hybridized carbons (Fsp3) is 0.379. The first-order valence-corrected chi connectivity index (χ1v) is 13.8. The monoisotopic (exact) mass is 552 g/mol. The third kappa shape index (κ3) is 4.57. The molecule has 0 spiro atoms. The molecule has 1 N–H and O–H groups in total. The lowest BCUT2D eigenvalue weighted by molar-refractivity contribution is 0.0699. The summed E-state index contributed by atoms with van der Waals surface area (Å²) in [4.78, 5) is 16.4. The van der Waals surface area contributed by atoms with Crippen LogP contribution in [-0.4, -0.2) is 58.4 Å². The maximum absolute atomic E-state index is 11.6. The van der Waals surface area contributed by atoms with Gasteiger partial charge in [0, 0.05) is 74.1 Å². The van der Waals surface area contributed by atoms with E-state index in [-0.39, 0.29) is 5.92 Å². The van der Waals surface area contributed by atoms with Gasteiger partial charge in [-0.2, -0.15) is 0 Å². The first-order chi connectivity index (χ1) is 18.3. The fourth-order valence-corrected chi connectivity index (χ4v) is 6.31. The number of fused-ring (bicyclic) bond motifs is 1. The molecular weight excluding hydrogens is 523 g/mol. The Morgan fingerprint density at radius 1 is 1.13 bits per heavy atom. The van der Waals surface area contributed by atoms with Crippen molar-refractivity contribution in [3.8, 4) is 11.3 Å². The summed E-state index contributed by atoms with van der Waals surface area (Å²) in [6, 6.07) is 11.6. The second-order valence-electron chi connectivity index (χ2n) is 10.5. The highest BCUT2D eigenvalue weighted by atomic mass is 35.5. The molecule has 9 heteroatoms. The zero-order valence-corrected chi connectivity index (χ0v) is 23.0. The average molecular weight is 553 g/mol. The molecule has 198 valence electrons. The number of hydrogen-bond donors (Lipinski definition) is 1. The predicted octanol–water partition coefficient (Wildman–Crippen LogP) is 6.64. The lowest BCUT2D eigenvalue weighted by atomic mass is 9.93. The molecule has 0 bridgehead atoms. The Morgan fingerprint density at radius 3 is 2.50 bits per heavy atom. The normalized spacial score (nSPS) is 17.3. The topological polar surface area (TPSA) is 74.7 Å². The van der Waals surface area contributed by atoms with Crippen molar-refractivity contribution in [2.75, 3.05) is 37.6 Å². The Kier molecular flexibility index (Phi) is 6.62. The molecule has 1 saturated carbocycles. The van der Waals surface area contributed by atoms with Crippen LogP contribution in [0.1, 0.15) is 53.3 Å². The maximum Gasteiger partial charge on any atom is 0.337 e. The van der Waals surface area contributed by atoms with Gasteiger partial charge in [-0.1, -0.05) is 41.3 Å². The van der Waals surface area contributed by atoms with Crippen LogP contribution in [0.5, 0.6) is 0 Å². The third-order valence-corrected chi connectivity index (χ3v) is 8.50. The molecule has 7 nitrogen and oxygen atoms in total. The van der Waals surface area contributed by atoms with E-state index in [0.29, 0.717) is 21.5 Å². The summed E-state index contributed by atoms with van der Waals surface area (Å²) in [5.74, 6) is 0.725. The number of halogens is 2. The second-order valence-corrected chi connectivity index (χ2v) is 11.3. The number of rotatable bonds is 7. The quantitative estimate of drug-likeness (QED) is 0.277. The SMILES string of the molecule is CC(CN1CCN(c2ccc3c(C(=O)O)cn(C)c3c2)CC1)c1c(-c2c(Cl)cccc2Cl)noc1C1CC1. The molecule has 4 aromatic rings. The Balaban J connectivity index is 1.18. The van der Waals surface area contributed by atoms with E-state index in [9.17, 15) is 9.90 Å². The number of piperazine rings is 1. The van der Waals surface area contributed by atoms with E-state index in [1.54, 1.807) is 6.20 Å². The minimum absolute atomic E-state index is 0.208. The van der Waals surface area contributed by atoms with Crippen molar-refractivity contribution in [1.82, 2.24) is 14.6 Å². The third-order valence-electron chi connectivity index (χ3n) is 7.87. The number of aryl methyl sites for hydroxylation is 1. The zero-order valence-electron chi connectivity index (χ0n) is 21.5. The van der Waals surface area contributed by atoms with Crippen molar-refractivity contribution in [2.24, 2.45) is 7.05 Å². The number of carboxylic acids is 1. The van der Waals surface area contributed by atoms with Gasteiger partial charge in [0.2, 0.25) is 0 Å². The minimum atomic E-state index is -0.899. The van der Waals surface area contributed by atoms with Crippen molar-refractivity contribution in [3.05, 3.63) is 69.5 Å². The molecule has 2 fully saturated rings. The number of aromatic nitrogens is 2. The van der Waals surface area contributed by atoms with Gasteiger partial charge in [-0.05, 0) is 49.1 Å². The van der Waals surface area contributed by atoms with Crippen LogP contribution >= 0.6 is 23.2 Å². The number of hydrogen-bond acceptors (Lipinski definition) is 5. The lowest BCUT2D eigenvalue weighted by Crippen LogP contribution is -2.47. The molecule has 6 rings (SSSR count). The molecule has 0 amide bonds. The molecule has 1 unspecified atom stereocenters. The predicted molar refractivity (Wildman–Crippen MR) is 151 cm³/mol. The van der Waals surface area contributed by atoms with E-state index in [1.807, 2.05) is 41.9 Å². The van der Waals surface area contributed by atoms with Crippen LogP contribution in [-0.2, 0) is 7.05 Å². The zero-order chi connectivity index (χ0) is 26.6. The van der Waals surface area contributed by atoms with Crippen LogP contribution in [0, 0.1) is 0 Å². The van der Waals surface area contributed by atoms with Gasteiger partial charge in [-0.25, -0.2) is 4.79 Å². The Bertz CT molecular complexity index is 1500. The summed E-state index contributed by atoms with van der Waals surface area (Å²) in [5, 5.41) is 15.9. The molecule has 1 atom stereocenters. The van der Waals surface area contributed by atoms with E-state index < -0.39 is 5.97 Å². The second kappa shape index (κ2) is 9.95. The van der Waals surface area contributed by atoms with Crippen molar-refractivity contribution in [1.29, 1.82) is 0 Å². The Morgan fingerprint density at radius 2 is 1.84 bits per heavy atom. The van der Waals surface area contributed by atoms with Crippen LogP contribution in [0.4, 0.5) is 5.69 Å². The molecule has 1 aliphatic heterocycles. The summed E-state index contributed by atoms with van der Waals surface area (Å²) in [6.07, 6.45) is 3.94. The van der Waals surface area contributed by atoms with Crippen molar-refractivity contribution < 1.29 is 14.4 Å². The van der Waals surface area contributed by atoms with Crippen LogP contribution in [0.3, 0.4) is 0 Å². The highest BCUT2D eigenvalue weighted by Crippen LogP contribution is 2.48. The average Bonchev–Trinajstić information content (AvgIpc) is 3.56. The number of nitrogens with zero attached hydrogens (tertiary/aromatic N) is 4. The molecular formula is C29H30Cl2N4O3. The summed E-state index contributed by atoms with van der Waals surface area (Å²) in [6.45, 7) is 6.79. The summed E-state index contributed by atoms with van der Waals surface area (Å²) in [5.41, 5.74) is 5.04. The first kappa shape index (κ1) is 25.3. The maximum atomic E-state index is 11.6. The van der Waals surface area contributed by atoms with Gasteiger partial charge < -0.3 is 19.1 Å². The largest absolute Gasteiger partial charge is 0.478 e. The Hall–Kier alpha value is -3.00. The fourth-order valence-electron chi connectivity index (χ4n) is 5.74. The summed E-state index contributed by atoms with van der Waals surface area (Å²) >= 11 is 13.1. The van der Waals surface area contributed by atoms with Crippen LogP contribution in [0.2, 0.25) is 10.0 Å². The highest BCUT2D eigenvalue weighted by Gasteiger charge is 2.36. The van der Waals surface area contributed by atoms with Crippen molar-refractivity contribution in [3.63, 3.8) is 0 Å². The van der Waals surface area contributed by atoms with Crippen LogP contribution < -0.4 is 4.90 Å². The summed E-state index contributed by atoms with van der Waals surface area (Å²) in [7, 11) is 1.89. The van der Waals surface area contributed by atoms with E-state index in [4.69, 9.17) is 27.7 Å². The Labute approximate surface area is 231 Å². The van der Waals surface area contributed by atoms with Gasteiger partial charge in [0.1, 0.15) is 11.5 Å². The van der Waals surface area contributed by atoms with Gasteiger partial charge in [0.25, 0.3) is 0 Å². The number of aromatic carboxylic acids is 1. The molecule has 0 radical (unpaired) electrons. The van der Waals surface area contributed by atoms with Gasteiger partial charge in [-0.3, -0.25) is 4.90 Å². The number of carbonyl (C=O) groups is 1. The highest BCUT2D eigenvalue weighted by molar-refractivity contribution is 6.39. The molecule has 2 aromatic heterocycles.